The highest BCUT2D eigenvalue weighted by atomic mass is 35.5. The molecule has 108 valence electrons. The lowest BCUT2D eigenvalue weighted by Crippen LogP contribution is -2.30. The molecule has 0 saturated heterocycles. The molecule has 0 spiro atoms. The zero-order valence-corrected chi connectivity index (χ0v) is 12.9. The summed E-state index contributed by atoms with van der Waals surface area (Å²) in [6, 6.07) is 2.84. The van der Waals surface area contributed by atoms with E-state index in [1.165, 1.54) is 23.5 Å². The highest BCUT2D eigenvalue weighted by Crippen LogP contribution is 2.27. The van der Waals surface area contributed by atoms with E-state index in [9.17, 15) is 8.42 Å². The lowest BCUT2D eigenvalue weighted by atomic mass is 10.2. The van der Waals surface area contributed by atoms with Gasteiger partial charge in [-0.3, -0.25) is 0 Å². The minimum atomic E-state index is -3.59. The smallest absolute Gasteiger partial charge is 0.243 e. The highest BCUT2D eigenvalue weighted by Gasteiger charge is 2.22. The molecule has 0 amide bonds. The zero-order chi connectivity index (χ0) is 14.6. The summed E-state index contributed by atoms with van der Waals surface area (Å²) in [5.41, 5.74) is 6.79. The van der Waals surface area contributed by atoms with E-state index in [0.29, 0.717) is 29.5 Å². The molecule has 2 N–H and O–H groups in total. The van der Waals surface area contributed by atoms with Gasteiger partial charge < -0.3 is 10.5 Å². The Bertz CT molecular complexity index is 523. The van der Waals surface area contributed by atoms with E-state index in [4.69, 9.17) is 22.1 Å². The Labute approximate surface area is 119 Å². The molecule has 0 bridgehead atoms. The minimum absolute atomic E-state index is 0.0969. The first kappa shape index (κ1) is 16.2. The van der Waals surface area contributed by atoms with Crippen molar-refractivity contribution in [3.05, 3.63) is 22.7 Å². The van der Waals surface area contributed by atoms with Crippen LogP contribution in [0.5, 0.6) is 0 Å². The fourth-order valence-electron chi connectivity index (χ4n) is 1.46. The molecule has 0 aromatic heterocycles. The standard InChI is InChI=1S/C12H19ClN2O3S/c1-4-18-6-5-15(3)19(16,17)10-7-11(13)9(2)12(14)8-10/h7-8H,4-6,14H2,1-3H3. The number of rotatable bonds is 6. The lowest BCUT2D eigenvalue weighted by molar-refractivity contribution is 0.138. The van der Waals surface area contributed by atoms with Crippen molar-refractivity contribution < 1.29 is 13.2 Å². The van der Waals surface area contributed by atoms with E-state index >= 15 is 0 Å². The monoisotopic (exact) mass is 306 g/mol. The first-order chi connectivity index (χ1) is 8.80. The molecule has 0 aliphatic rings. The molecule has 0 heterocycles. The quantitative estimate of drug-likeness (QED) is 0.643. The molecule has 7 heteroatoms. The number of sulfonamides is 1. The molecule has 0 atom stereocenters. The van der Waals surface area contributed by atoms with Gasteiger partial charge in [-0.1, -0.05) is 11.6 Å². The van der Waals surface area contributed by atoms with Gasteiger partial charge >= 0.3 is 0 Å². The third kappa shape index (κ3) is 3.82. The van der Waals surface area contributed by atoms with Gasteiger partial charge in [-0.25, -0.2) is 8.42 Å². The molecule has 1 aromatic rings. The summed E-state index contributed by atoms with van der Waals surface area (Å²) in [6.45, 7) is 4.78. The molecule has 5 nitrogen and oxygen atoms in total. The van der Waals surface area contributed by atoms with Gasteiger partial charge in [0.05, 0.1) is 11.5 Å². The average molecular weight is 307 g/mol. The van der Waals surface area contributed by atoms with Crippen molar-refractivity contribution in [1.29, 1.82) is 0 Å². The van der Waals surface area contributed by atoms with Gasteiger partial charge in [-0.05, 0) is 31.5 Å². The minimum Gasteiger partial charge on any atom is -0.398 e. The summed E-state index contributed by atoms with van der Waals surface area (Å²) in [5.74, 6) is 0. The zero-order valence-electron chi connectivity index (χ0n) is 11.3. The summed E-state index contributed by atoms with van der Waals surface area (Å²) < 4.78 is 31.0. The lowest BCUT2D eigenvalue weighted by Gasteiger charge is -2.18. The number of benzene rings is 1. The van der Waals surface area contributed by atoms with Crippen LogP contribution >= 0.6 is 11.6 Å². The molecule has 0 radical (unpaired) electrons. The van der Waals surface area contributed by atoms with Gasteiger partial charge in [-0.2, -0.15) is 4.31 Å². The number of likely N-dealkylation sites (N-methyl/N-ethyl adjacent to an activating group) is 1. The SMILES string of the molecule is CCOCCN(C)S(=O)(=O)c1cc(N)c(C)c(Cl)c1. The number of nitrogen functional groups attached to an aromatic ring is 1. The molecule has 0 fully saturated rings. The van der Waals surface area contributed by atoms with Crippen molar-refractivity contribution in [2.75, 3.05) is 32.5 Å². The van der Waals surface area contributed by atoms with E-state index in [0.717, 1.165) is 0 Å². The summed E-state index contributed by atoms with van der Waals surface area (Å²) in [7, 11) is -2.09. The Kier molecular flexibility index (Phi) is 5.61. The number of nitrogens with two attached hydrogens (primary N) is 1. The Morgan fingerprint density at radius 2 is 2.05 bits per heavy atom. The van der Waals surface area contributed by atoms with Crippen molar-refractivity contribution >= 4 is 27.3 Å². The van der Waals surface area contributed by atoms with E-state index in [-0.39, 0.29) is 11.4 Å². The number of anilines is 1. The average Bonchev–Trinajstić information content (AvgIpc) is 2.35. The number of hydrogen-bond acceptors (Lipinski definition) is 4. The van der Waals surface area contributed by atoms with E-state index in [1.807, 2.05) is 6.92 Å². The first-order valence-electron chi connectivity index (χ1n) is 5.90. The maximum absolute atomic E-state index is 12.3. The molecule has 0 aliphatic carbocycles. The fourth-order valence-corrected chi connectivity index (χ4v) is 2.97. The van der Waals surface area contributed by atoms with Crippen molar-refractivity contribution in [3.63, 3.8) is 0 Å². The van der Waals surface area contributed by atoms with Gasteiger partial charge in [-0.15, -0.1) is 0 Å². The van der Waals surface area contributed by atoms with E-state index < -0.39 is 10.0 Å². The molecule has 1 rings (SSSR count). The Morgan fingerprint density at radius 1 is 1.42 bits per heavy atom. The Balaban J connectivity index is 3.00. The number of hydrogen-bond donors (Lipinski definition) is 1. The second kappa shape index (κ2) is 6.56. The second-order valence-electron chi connectivity index (χ2n) is 4.14. The predicted octanol–water partition coefficient (Wildman–Crippen LogP) is 1.89. The summed E-state index contributed by atoms with van der Waals surface area (Å²) in [4.78, 5) is 0.0969. The number of nitrogens with zero attached hydrogens (tertiary/aromatic N) is 1. The van der Waals surface area contributed by atoms with Crippen LogP contribution in [0.4, 0.5) is 5.69 Å². The van der Waals surface area contributed by atoms with Crippen LogP contribution in [0.15, 0.2) is 17.0 Å². The van der Waals surface area contributed by atoms with Crippen LogP contribution < -0.4 is 5.73 Å². The third-order valence-electron chi connectivity index (χ3n) is 2.82. The maximum atomic E-state index is 12.3. The molecule has 1 aromatic carbocycles. The Hall–Kier alpha value is -0.820. The highest BCUT2D eigenvalue weighted by molar-refractivity contribution is 7.89. The van der Waals surface area contributed by atoms with Gasteiger partial charge in [0.25, 0.3) is 0 Å². The van der Waals surface area contributed by atoms with Gasteiger partial charge in [0.15, 0.2) is 0 Å². The summed E-state index contributed by atoms with van der Waals surface area (Å²) in [6.07, 6.45) is 0. The van der Waals surface area contributed by atoms with E-state index in [1.54, 1.807) is 6.92 Å². The molecule has 0 unspecified atom stereocenters. The van der Waals surface area contributed by atoms with Crippen LogP contribution in [0.3, 0.4) is 0 Å². The first-order valence-corrected chi connectivity index (χ1v) is 7.72. The van der Waals surface area contributed by atoms with Crippen LogP contribution in [0, 0.1) is 6.92 Å². The fraction of sp³-hybridized carbons (Fsp3) is 0.500. The molecule has 0 aliphatic heterocycles. The molecular weight excluding hydrogens is 288 g/mol. The van der Waals surface area contributed by atoms with E-state index in [2.05, 4.69) is 0 Å². The molecular formula is C12H19ClN2O3S. The van der Waals surface area contributed by atoms with Crippen LogP contribution in [0.25, 0.3) is 0 Å². The van der Waals surface area contributed by atoms with Crippen molar-refractivity contribution in [2.24, 2.45) is 0 Å². The van der Waals surface area contributed by atoms with Crippen LogP contribution in [-0.4, -0.2) is 39.5 Å². The Morgan fingerprint density at radius 3 is 2.58 bits per heavy atom. The number of ether oxygens (including phenoxy) is 1. The summed E-state index contributed by atoms with van der Waals surface area (Å²) in [5, 5.41) is 0.344. The largest absolute Gasteiger partial charge is 0.398 e. The van der Waals surface area contributed by atoms with Crippen LogP contribution in [0.1, 0.15) is 12.5 Å². The molecule has 19 heavy (non-hydrogen) atoms. The van der Waals surface area contributed by atoms with Gasteiger partial charge in [0.2, 0.25) is 10.0 Å². The van der Waals surface area contributed by atoms with Crippen LogP contribution in [0.2, 0.25) is 5.02 Å². The van der Waals surface area contributed by atoms with Crippen molar-refractivity contribution in [2.45, 2.75) is 18.7 Å². The predicted molar refractivity (Wildman–Crippen MR) is 76.9 cm³/mol. The number of halogens is 1. The van der Waals surface area contributed by atoms with Crippen LogP contribution in [-0.2, 0) is 14.8 Å². The normalized spacial score (nSPS) is 12.1. The van der Waals surface area contributed by atoms with Crippen molar-refractivity contribution in [3.8, 4) is 0 Å². The third-order valence-corrected chi connectivity index (χ3v) is 5.05. The van der Waals surface area contributed by atoms with Crippen molar-refractivity contribution in [1.82, 2.24) is 4.31 Å². The second-order valence-corrected chi connectivity index (χ2v) is 6.59. The van der Waals surface area contributed by atoms with Gasteiger partial charge in [0.1, 0.15) is 0 Å². The van der Waals surface area contributed by atoms with Gasteiger partial charge in [0, 0.05) is 30.9 Å². The molecule has 0 saturated carbocycles. The topological polar surface area (TPSA) is 72.6 Å². The summed E-state index contributed by atoms with van der Waals surface area (Å²) >= 11 is 5.97. The maximum Gasteiger partial charge on any atom is 0.243 e.